The molecule has 1 aliphatic rings. The number of aliphatic hydroxyl groups is 2. The first-order chi connectivity index (χ1) is 12.2. The Morgan fingerprint density at radius 3 is 2.08 bits per heavy atom. The summed E-state index contributed by atoms with van der Waals surface area (Å²) in [5.41, 5.74) is 0. The minimum atomic E-state index is -1.23. The van der Waals surface area contributed by atoms with Crippen molar-refractivity contribution < 1.29 is 38.8 Å². The largest absolute Gasteiger partial charge is 0.459 e. The lowest BCUT2D eigenvalue weighted by molar-refractivity contribution is -0.157. The van der Waals surface area contributed by atoms with Crippen molar-refractivity contribution >= 4 is 17.9 Å². The molecule has 144 valence electrons. The van der Waals surface area contributed by atoms with Gasteiger partial charge in [-0.1, -0.05) is 18.2 Å². The lowest BCUT2D eigenvalue weighted by atomic mass is 10.2. The van der Waals surface area contributed by atoms with Crippen molar-refractivity contribution in [3.63, 3.8) is 0 Å². The molecule has 0 saturated carbocycles. The molecule has 0 spiro atoms. The second-order valence-corrected chi connectivity index (χ2v) is 5.87. The molecule has 8 heteroatoms. The fraction of sp³-hybridized carbons (Fsp3) is 0.500. The zero-order valence-electron chi connectivity index (χ0n) is 14.9. The first kappa shape index (κ1) is 21.6. The van der Waals surface area contributed by atoms with E-state index in [1.807, 2.05) is 0 Å². The summed E-state index contributed by atoms with van der Waals surface area (Å²) in [7, 11) is 0. The van der Waals surface area contributed by atoms with Crippen LogP contribution in [0.1, 0.15) is 27.2 Å². The van der Waals surface area contributed by atoms with Crippen molar-refractivity contribution in [2.45, 2.75) is 57.7 Å². The topological polar surface area (TPSA) is 119 Å². The SMILES string of the molecule is C[C@@H]1OC(=O)/C=C/[C@@H](O)[C@H](C)OC(=O)C[C@H](C)OC(=O)/C=C/C=C/[C@H]1O. The number of hydrogen-bond donors (Lipinski definition) is 2. The van der Waals surface area contributed by atoms with Crippen LogP contribution in [0.4, 0.5) is 0 Å². The molecule has 0 fully saturated rings. The lowest BCUT2D eigenvalue weighted by Crippen LogP contribution is -2.29. The van der Waals surface area contributed by atoms with Gasteiger partial charge in [0.25, 0.3) is 0 Å². The van der Waals surface area contributed by atoms with Crippen LogP contribution in [0.25, 0.3) is 0 Å². The minimum Gasteiger partial charge on any atom is -0.459 e. The van der Waals surface area contributed by atoms with E-state index in [1.54, 1.807) is 0 Å². The zero-order chi connectivity index (χ0) is 19.7. The number of cyclic esters (lactones) is 3. The van der Waals surface area contributed by atoms with Crippen LogP contribution in [0.15, 0.2) is 36.5 Å². The first-order valence-corrected chi connectivity index (χ1v) is 8.19. The quantitative estimate of drug-likeness (QED) is 0.471. The van der Waals surface area contributed by atoms with Gasteiger partial charge in [0, 0.05) is 12.2 Å². The van der Waals surface area contributed by atoms with Gasteiger partial charge in [0.2, 0.25) is 0 Å². The Morgan fingerprint density at radius 1 is 0.808 bits per heavy atom. The van der Waals surface area contributed by atoms with Crippen molar-refractivity contribution in [3.8, 4) is 0 Å². The highest BCUT2D eigenvalue weighted by Gasteiger charge is 2.20. The Labute approximate surface area is 151 Å². The van der Waals surface area contributed by atoms with E-state index in [1.165, 1.54) is 39.0 Å². The Hall–Kier alpha value is -2.45. The molecule has 1 rings (SSSR count). The van der Waals surface area contributed by atoms with E-state index in [0.717, 1.165) is 18.2 Å². The van der Waals surface area contributed by atoms with Crippen molar-refractivity contribution in [2.24, 2.45) is 0 Å². The van der Waals surface area contributed by atoms with Crippen LogP contribution < -0.4 is 0 Å². The van der Waals surface area contributed by atoms with Gasteiger partial charge in [-0.3, -0.25) is 4.79 Å². The Bertz CT molecular complexity index is 592. The smallest absolute Gasteiger partial charge is 0.331 e. The Morgan fingerprint density at radius 2 is 1.38 bits per heavy atom. The Kier molecular flexibility index (Phi) is 8.74. The van der Waals surface area contributed by atoms with Crippen LogP contribution in [-0.4, -0.2) is 58.6 Å². The molecule has 0 aliphatic carbocycles. The summed E-state index contributed by atoms with van der Waals surface area (Å²) in [6.07, 6.45) is 2.35. The molecule has 0 radical (unpaired) electrons. The fourth-order valence-corrected chi connectivity index (χ4v) is 1.93. The zero-order valence-corrected chi connectivity index (χ0v) is 14.9. The van der Waals surface area contributed by atoms with Gasteiger partial charge < -0.3 is 24.4 Å². The third-order valence-corrected chi connectivity index (χ3v) is 3.43. The van der Waals surface area contributed by atoms with Crippen LogP contribution in [-0.2, 0) is 28.6 Å². The number of ether oxygens (including phenoxy) is 3. The summed E-state index contributed by atoms with van der Waals surface area (Å²) in [6, 6.07) is 0. The van der Waals surface area contributed by atoms with Gasteiger partial charge in [-0.25, -0.2) is 9.59 Å². The summed E-state index contributed by atoms with van der Waals surface area (Å²) in [5, 5.41) is 19.8. The molecule has 0 amide bonds. The van der Waals surface area contributed by atoms with Gasteiger partial charge in [0.15, 0.2) is 0 Å². The number of allylic oxidation sites excluding steroid dienone is 2. The average Bonchev–Trinajstić information content (AvgIpc) is 2.54. The van der Waals surface area contributed by atoms with Crippen molar-refractivity contribution in [3.05, 3.63) is 36.5 Å². The third kappa shape index (κ3) is 8.09. The van der Waals surface area contributed by atoms with Crippen LogP contribution in [0.3, 0.4) is 0 Å². The highest BCUT2D eigenvalue weighted by molar-refractivity contribution is 5.83. The number of carbonyl (C=O) groups is 3. The summed E-state index contributed by atoms with van der Waals surface area (Å²) in [6.45, 7) is 4.47. The number of carbonyl (C=O) groups excluding carboxylic acids is 3. The van der Waals surface area contributed by atoms with E-state index in [0.29, 0.717) is 0 Å². The molecule has 0 unspecified atom stereocenters. The van der Waals surface area contributed by atoms with Gasteiger partial charge in [-0.15, -0.1) is 0 Å². The molecule has 0 bridgehead atoms. The second kappa shape index (κ2) is 10.5. The molecule has 26 heavy (non-hydrogen) atoms. The molecule has 0 saturated heterocycles. The number of aliphatic hydroxyl groups excluding tert-OH is 2. The lowest BCUT2D eigenvalue weighted by Gasteiger charge is -2.19. The maximum absolute atomic E-state index is 11.8. The Balaban J connectivity index is 2.91. The molecule has 5 atom stereocenters. The molecule has 8 nitrogen and oxygen atoms in total. The number of esters is 3. The molecule has 0 aromatic carbocycles. The summed E-state index contributed by atoms with van der Waals surface area (Å²) in [4.78, 5) is 35.1. The van der Waals surface area contributed by atoms with E-state index in [-0.39, 0.29) is 6.42 Å². The highest BCUT2D eigenvalue weighted by Crippen LogP contribution is 2.08. The van der Waals surface area contributed by atoms with Gasteiger partial charge in [-0.2, -0.15) is 0 Å². The molecule has 2 N–H and O–H groups in total. The monoisotopic (exact) mass is 368 g/mol. The molecule has 1 heterocycles. The second-order valence-electron chi connectivity index (χ2n) is 5.87. The summed E-state index contributed by atoms with van der Waals surface area (Å²) >= 11 is 0. The van der Waals surface area contributed by atoms with E-state index < -0.39 is 48.4 Å². The summed E-state index contributed by atoms with van der Waals surface area (Å²) in [5.74, 6) is -2.09. The molecular weight excluding hydrogens is 344 g/mol. The standard InChI is InChI=1S/C18H24O8/c1-11-10-18(23)26-13(3)15(20)8-9-17(22)25-12(2)14(19)6-4-5-7-16(21)24-11/h4-9,11-15,19-20H,10H2,1-3H3/b6-4+,7-5+,9-8+/t11-,12-,13-,14+,15+/m0/s1. The number of rotatable bonds is 0. The van der Waals surface area contributed by atoms with Gasteiger partial charge in [0.05, 0.1) is 6.42 Å². The van der Waals surface area contributed by atoms with Crippen molar-refractivity contribution in [1.29, 1.82) is 0 Å². The van der Waals surface area contributed by atoms with E-state index in [4.69, 9.17) is 14.2 Å². The first-order valence-electron chi connectivity index (χ1n) is 8.19. The number of hydrogen-bond acceptors (Lipinski definition) is 8. The third-order valence-electron chi connectivity index (χ3n) is 3.43. The molecule has 1 aliphatic heterocycles. The van der Waals surface area contributed by atoms with Gasteiger partial charge >= 0.3 is 17.9 Å². The molecule has 0 aromatic heterocycles. The predicted octanol–water partition coefficient (Wildman–Crippen LogP) is 0.576. The van der Waals surface area contributed by atoms with Gasteiger partial charge in [-0.05, 0) is 26.8 Å². The fourth-order valence-electron chi connectivity index (χ4n) is 1.93. The maximum atomic E-state index is 11.8. The normalized spacial score (nSPS) is 35.9. The van der Waals surface area contributed by atoms with Crippen LogP contribution >= 0.6 is 0 Å². The maximum Gasteiger partial charge on any atom is 0.331 e. The van der Waals surface area contributed by atoms with Crippen molar-refractivity contribution in [1.82, 2.24) is 0 Å². The molecule has 0 aromatic rings. The van der Waals surface area contributed by atoms with Crippen LogP contribution in [0, 0.1) is 0 Å². The molecular formula is C18H24O8. The van der Waals surface area contributed by atoms with E-state index >= 15 is 0 Å². The van der Waals surface area contributed by atoms with E-state index in [2.05, 4.69) is 0 Å². The minimum absolute atomic E-state index is 0.186. The van der Waals surface area contributed by atoms with E-state index in [9.17, 15) is 24.6 Å². The van der Waals surface area contributed by atoms with Gasteiger partial charge in [0.1, 0.15) is 30.5 Å². The predicted molar refractivity (Wildman–Crippen MR) is 90.7 cm³/mol. The summed E-state index contributed by atoms with van der Waals surface area (Å²) < 4.78 is 15.0. The van der Waals surface area contributed by atoms with Crippen LogP contribution in [0.2, 0.25) is 0 Å². The highest BCUT2D eigenvalue weighted by atomic mass is 16.6. The van der Waals surface area contributed by atoms with Crippen molar-refractivity contribution in [2.75, 3.05) is 0 Å². The van der Waals surface area contributed by atoms with Crippen LogP contribution in [0.5, 0.6) is 0 Å². The average molecular weight is 368 g/mol.